The number of aliphatic hydroxyl groups is 1. The highest BCUT2D eigenvalue weighted by atomic mass is 79.9. The summed E-state index contributed by atoms with van der Waals surface area (Å²) in [6.07, 6.45) is -1.47. The first-order valence-electron chi connectivity index (χ1n) is 5.36. The summed E-state index contributed by atoms with van der Waals surface area (Å²) in [5, 5.41) is 20.1. The summed E-state index contributed by atoms with van der Waals surface area (Å²) in [6.45, 7) is 1.98. The van der Waals surface area contributed by atoms with Crippen molar-refractivity contribution in [2.45, 2.75) is 19.4 Å². The number of aliphatic hydroxyl groups excluding tert-OH is 1. The van der Waals surface area contributed by atoms with Gasteiger partial charge in [0.15, 0.2) is 6.10 Å². The molecule has 0 bridgehead atoms. The second-order valence-electron chi connectivity index (χ2n) is 3.92. The van der Waals surface area contributed by atoms with E-state index >= 15 is 0 Å². The average molecular weight is 316 g/mol. The minimum Gasteiger partial charge on any atom is -0.479 e. The van der Waals surface area contributed by atoms with Crippen LogP contribution in [0.15, 0.2) is 22.7 Å². The van der Waals surface area contributed by atoms with Crippen molar-refractivity contribution in [3.63, 3.8) is 0 Å². The molecule has 1 rings (SSSR count). The Kier molecular flexibility index (Phi) is 5.30. The van der Waals surface area contributed by atoms with Gasteiger partial charge in [0, 0.05) is 23.0 Å². The highest BCUT2D eigenvalue weighted by Gasteiger charge is 2.13. The van der Waals surface area contributed by atoms with Gasteiger partial charge in [-0.25, -0.2) is 4.79 Å². The second-order valence-corrected chi connectivity index (χ2v) is 4.83. The Labute approximate surface area is 113 Å². The van der Waals surface area contributed by atoms with Gasteiger partial charge in [-0.2, -0.15) is 0 Å². The third kappa shape index (κ3) is 4.46. The number of aliphatic carboxylic acids is 1. The number of hydrogen-bond acceptors (Lipinski definition) is 3. The first-order chi connectivity index (χ1) is 8.40. The van der Waals surface area contributed by atoms with Crippen LogP contribution in [0.2, 0.25) is 0 Å². The zero-order chi connectivity index (χ0) is 13.7. The summed E-state index contributed by atoms with van der Waals surface area (Å²) in [5.41, 5.74) is 1.44. The molecular formula is C12H14BrNO4. The van der Waals surface area contributed by atoms with E-state index in [4.69, 9.17) is 10.2 Å². The molecule has 0 aliphatic rings. The number of carboxylic acid groups (broad SMARTS) is 1. The normalized spacial score (nSPS) is 11.9. The Morgan fingerprint density at radius 3 is 2.61 bits per heavy atom. The Bertz CT molecular complexity index is 441. The van der Waals surface area contributed by atoms with E-state index in [0.717, 1.165) is 10.0 Å². The minimum atomic E-state index is -1.45. The van der Waals surface area contributed by atoms with Crippen molar-refractivity contribution in [3.05, 3.63) is 33.8 Å². The van der Waals surface area contributed by atoms with Crippen molar-refractivity contribution in [2.75, 3.05) is 6.54 Å². The first kappa shape index (κ1) is 14.7. The number of benzene rings is 1. The fourth-order valence-corrected chi connectivity index (χ4v) is 2.02. The molecule has 0 saturated heterocycles. The number of carboxylic acids is 1. The summed E-state index contributed by atoms with van der Waals surface area (Å²) < 4.78 is 0.804. The molecule has 1 aromatic rings. The molecule has 3 N–H and O–H groups in total. The van der Waals surface area contributed by atoms with Gasteiger partial charge in [-0.05, 0) is 30.7 Å². The average Bonchev–Trinajstić information content (AvgIpc) is 2.27. The number of carbonyl (C=O) groups excluding carboxylic acids is 1. The number of hydrogen-bond donors (Lipinski definition) is 3. The fraction of sp³-hybridized carbons (Fsp3) is 0.333. The van der Waals surface area contributed by atoms with Gasteiger partial charge in [0.1, 0.15) is 0 Å². The lowest BCUT2D eigenvalue weighted by atomic mass is 10.1. The number of rotatable bonds is 5. The number of halogens is 1. The third-order valence-electron chi connectivity index (χ3n) is 2.29. The standard InChI is InChI=1S/C12H14BrNO4/c1-7-4-8(6-9(13)5-7)11(16)14-3-2-10(15)12(17)18/h4-6,10,15H,2-3H2,1H3,(H,14,16)(H,17,18)/t10-/m0/s1. The van der Waals surface area contributed by atoms with Crippen molar-refractivity contribution in [1.82, 2.24) is 5.32 Å². The lowest BCUT2D eigenvalue weighted by Crippen LogP contribution is -2.30. The summed E-state index contributed by atoms with van der Waals surface area (Å²) in [6, 6.07) is 5.29. The zero-order valence-electron chi connectivity index (χ0n) is 9.81. The molecule has 0 spiro atoms. The minimum absolute atomic E-state index is 0.0198. The summed E-state index contributed by atoms with van der Waals surface area (Å²) in [7, 11) is 0. The Hall–Kier alpha value is -1.40. The zero-order valence-corrected chi connectivity index (χ0v) is 11.4. The van der Waals surface area contributed by atoms with Crippen LogP contribution in [0, 0.1) is 6.92 Å². The van der Waals surface area contributed by atoms with Gasteiger partial charge in [0.2, 0.25) is 0 Å². The van der Waals surface area contributed by atoms with Crippen LogP contribution in [0.5, 0.6) is 0 Å². The Morgan fingerprint density at radius 2 is 2.06 bits per heavy atom. The molecule has 0 heterocycles. The molecule has 0 radical (unpaired) electrons. The molecule has 0 aromatic heterocycles. The van der Waals surface area contributed by atoms with Crippen LogP contribution in [0.1, 0.15) is 22.3 Å². The molecule has 0 aliphatic heterocycles. The van der Waals surface area contributed by atoms with Crippen molar-refractivity contribution < 1.29 is 19.8 Å². The summed E-state index contributed by atoms with van der Waals surface area (Å²) >= 11 is 3.29. The lowest BCUT2D eigenvalue weighted by molar-refractivity contribution is -0.146. The van der Waals surface area contributed by atoms with Gasteiger partial charge < -0.3 is 15.5 Å². The molecule has 1 atom stereocenters. The first-order valence-corrected chi connectivity index (χ1v) is 6.15. The molecule has 0 aliphatic carbocycles. The summed E-state index contributed by atoms with van der Waals surface area (Å²) in [5.74, 6) is -1.58. The van der Waals surface area contributed by atoms with Crippen LogP contribution >= 0.6 is 15.9 Å². The van der Waals surface area contributed by atoms with Gasteiger partial charge >= 0.3 is 5.97 Å². The predicted molar refractivity (Wildman–Crippen MR) is 69.5 cm³/mol. The molecule has 98 valence electrons. The maximum Gasteiger partial charge on any atom is 0.332 e. The topological polar surface area (TPSA) is 86.6 Å². The predicted octanol–water partition coefficient (Wildman–Crippen LogP) is 1.32. The van der Waals surface area contributed by atoms with E-state index < -0.39 is 12.1 Å². The molecule has 18 heavy (non-hydrogen) atoms. The molecule has 5 nitrogen and oxygen atoms in total. The second kappa shape index (κ2) is 6.51. The SMILES string of the molecule is Cc1cc(Br)cc(C(=O)NCC[C@H](O)C(=O)O)c1. The van der Waals surface area contributed by atoms with Crippen molar-refractivity contribution in [1.29, 1.82) is 0 Å². The molecule has 0 saturated carbocycles. The Morgan fingerprint density at radius 1 is 1.39 bits per heavy atom. The molecule has 1 aromatic carbocycles. The van der Waals surface area contributed by atoms with E-state index in [2.05, 4.69) is 21.2 Å². The van der Waals surface area contributed by atoms with E-state index in [0.29, 0.717) is 5.56 Å². The lowest BCUT2D eigenvalue weighted by Gasteiger charge is -2.08. The van der Waals surface area contributed by atoms with Crippen LogP contribution in [0.25, 0.3) is 0 Å². The van der Waals surface area contributed by atoms with Crippen LogP contribution in [0.4, 0.5) is 0 Å². The van der Waals surface area contributed by atoms with Crippen molar-refractivity contribution >= 4 is 27.8 Å². The molecule has 0 fully saturated rings. The monoisotopic (exact) mass is 315 g/mol. The van der Waals surface area contributed by atoms with Gasteiger partial charge in [0.05, 0.1) is 0 Å². The van der Waals surface area contributed by atoms with Crippen LogP contribution in [-0.2, 0) is 4.79 Å². The highest BCUT2D eigenvalue weighted by Crippen LogP contribution is 2.15. The van der Waals surface area contributed by atoms with Crippen LogP contribution in [0.3, 0.4) is 0 Å². The molecular weight excluding hydrogens is 302 g/mol. The maximum absolute atomic E-state index is 11.7. The van der Waals surface area contributed by atoms with Crippen LogP contribution < -0.4 is 5.32 Å². The highest BCUT2D eigenvalue weighted by molar-refractivity contribution is 9.10. The number of amides is 1. The molecule has 1 amide bonds. The maximum atomic E-state index is 11.7. The summed E-state index contributed by atoms with van der Waals surface area (Å²) in [4.78, 5) is 22.1. The van der Waals surface area contributed by atoms with Gasteiger partial charge in [-0.15, -0.1) is 0 Å². The smallest absolute Gasteiger partial charge is 0.332 e. The van der Waals surface area contributed by atoms with E-state index in [1.165, 1.54) is 0 Å². The molecule has 6 heteroatoms. The van der Waals surface area contributed by atoms with Gasteiger partial charge in [0.25, 0.3) is 5.91 Å². The largest absolute Gasteiger partial charge is 0.479 e. The number of carbonyl (C=O) groups is 2. The van der Waals surface area contributed by atoms with E-state index in [1.54, 1.807) is 12.1 Å². The quantitative estimate of drug-likeness (QED) is 0.765. The Balaban J connectivity index is 2.53. The fourth-order valence-electron chi connectivity index (χ4n) is 1.42. The molecule has 0 unspecified atom stereocenters. The van der Waals surface area contributed by atoms with E-state index in [1.807, 2.05) is 13.0 Å². The number of aryl methyl sites for hydroxylation is 1. The van der Waals surface area contributed by atoms with E-state index in [9.17, 15) is 9.59 Å². The van der Waals surface area contributed by atoms with E-state index in [-0.39, 0.29) is 18.9 Å². The van der Waals surface area contributed by atoms with Gasteiger partial charge in [-0.1, -0.05) is 15.9 Å². The van der Waals surface area contributed by atoms with Crippen molar-refractivity contribution in [3.8, 4) is 0 Å². The van der Waals surface area contributed by atoms with Crippen molar-refractivity contribution in [2.24, 2.45) is 0 Å². The van der Waals surface area contributed by atoms with Gasteiger partial charge in [-0.3, -0.25) is 4.79 Å². The third-order valence-corrected chi connectivity index (χ3v) is 2.75. The number of nitrogens with one attached hydrogen (secondary N) is 1. The van der Waals surface area contributed by atoms with Crippen LogP contribution in [-0.4, -0.2) is 34.7 Å².